The minimum Gasteiger partial charge on any atom is -0.462 e. The molecule has 5 heteroatoms. The molecule has 0 unspecified atom stereocenters. The molecule has 0 fully saturated rings. The van der Waals surface area contributed by atoms with E-state index in [-0.39, 0.29) is 5.91 Å². The number of aromatic nitrogens is 2. The van der Waals surface area contributed by atoms with Crippen LogP contribution in [0.5, 0.6) is 0 Å². The molecular formula is C19H19N3O2. The first-order valence-corrected chi connectivity index (χ1v) is 7.77. The molecule has 122 valence electrons. The number of rotatable bonds is 6. The summed E-state index contributed by atoms with van der Waals surface area (Å²) < 4.78 is 7.24. The Kier molecular flexibility index (Phi) is 4.91. The number of furan rings is 1. The van der Waals surface area contributed by atoms with E-state index in [0.29, 0.717) is 18.8 Å². The smallest absolute Gasteiger partial charge is 0.244 e. The SMILES string of the molecule is Cc1ccc(C=CC(=O)NCc2cnn(Cc3ccccc3)c2)o1. The van der Waals surface area contributed by atoms with E-state index in [4.69, 9.17) is 4.42 Å². The van der Waals surface area contributed by atoms with Crippen LogP contribution in [0.25, 0.3) is 6.08 Å². The average molecular weight is 321 g/mol. The highest BCUT2D eigenvalue weighted by atomic mass is 16.3. The number of benzene rings is 1. The summed E-state index contributed by atoms with van der Waals surface area (Å²) in [6.07, 6.45) is 6.82. The maximum absolute atomic E-state index is 11.8. The fourth-order valence-electron chi connectivity index (χ4n) is 2.30. The Balaban J connectivity index is 1.50. The van der Waals surface area contributed by atoms with E-state index in [1.54, 1.807) is 12.3 Å². The zero-order valence-electron chi connectivity index (χ0n) is 13.5. The first-order valence-electron chi connectivity index (χ1n) is 7.77. The molecule has 0 aliphatic carbocycles. The minimum atomic E-state index is -0.167. The predicted octanol–water partition coefficient (Wildman–Crippen LogP) is 3.16. The zero-order chi connectivity index (χ0) is 16.8. The van der Waals surface area contributed by atoms with Crippen molar-refractivity contribution in [1.29, 1.82) is 0 Å². The summed E-state index contributed by atoms with van der Waals surface area (Å²) in [5.74, 6) is 1.32. The average Bonchev–Trinajstić information content (AvgIpc) is 3.21. The summed E-state index contributed by atoms with van der Waals surface area (Å²) in [5.41, 5.74) is 2.15. The standard InChI is InChI=1S/C19H19N3O2/c1-15-7-8-18(24-15)9-10-19(23)20-11-17-12-21-22(14-17)13-16-5-3-2-4-6-16/h2-10,12,14H,11,13H2,1H3,(H,20,23). The van der Waals surface area contributed by atoms with Gasteiger partial charge < -0.3 is 9.73 Å². The number of carbonyl (C=O) groups excluding carboxylic acids is 1. The van der Waals surface area contributed by atoms with E-state index >= 15 is 0 Å². The number of hydrogen-bond acceptors (Lipinski definition) is 3. The Hall–Kier alpha value is -3.08. The zero-order valence-corrected chi connectivity index (χ0v) is 13.5. The first kappa shape index (κ1) is 15.8. The number of aryl methyl sites for hydroxylation is 1. The molecule has 1 amide bonds. The lowest BCUT2D eigenvalue weighted by atomic mass is 10.2. The number of nitrogens with zero attached hydrogens (tertiary/aromatic N) is 2. The summed E-state index contributed by atoms with van der Waals surface area (Å²) in [6, 6.07) is 13.8. The van der Waals surface area contributed by atoms with E-state index in [9.17, 15) is 4.79 Å². The van der Waals surface area contributed by atoms with Crippen LogP contribution in [0.4, 0.5) is 0 Å². The van der Waals surface area contributed by atoms with Gasteiger partial charge in [-0.05, 0) is 30.7 Å². The Labute approximate surface area is 140 Å². The summed E-state index contributed by atoms with van der Waals surface area (Å²) in [7, 11) is 0. The van der Waals surface area contributed by atoms with Gasteiger partial charge in [0.15, 0.2) is 0 Å². The molecule has 0 aliphatic heterocycles. The Morgan fingerprint density at radius 2 is 2.04 bits per heavy atom. The van der Waals surface area contributed by atoms with Gasteiger partial charge in [-0.15, -0.1) is 0 Å². The van der Waals surface area contributed by atoms with Crippen molar-refractivity contribution in [3.05, 3.63) is 83.6 Å². The van der Waals surface area contributed by atoms with Crippen LogP contribution < -0.4 is 5.32 Å². The topological polar surface area (TPSA) is 60.1 Å². The normalized spacial score (nSPS) is 11.0. The van der Waals surface area contributed by atoms with Crippen molar-refractivity contribution in [3.63, 3.8) is 0 Å². The lowest BCUT2D eigenvalue weighted by Gasteiger charge is -2.01. The van der Waals surface area contributed by atoms with Crippen molar-refractivity contribution in [2.75, 3.05) is 0 Å². The fraction of sp³-hybridized carbons (Fsp3) is 0.158. The molecule has 0 radical (unpaired) electrons. The molecule has 1 aromatic carbocycles. The predicted molar refractivity (Wildman–Crippen MR) is 92.1 cm³/mol. The van der Waals surface area contributed by atoms with E-state index in [1.807, 2.05) is 48.1 Å². The molecule has 1 N–H and O–H groups in total. The Morgan fingerprint density at radius 3 is 2.79 bits per heavy atom. The van der Waals surface area contributed by atoms with Crippen LogP contribution in [-0.4, -0.2) is 15.7 Å². The third kappa shape index (κ3) is 4.46. The Bertz CT molecular complexity index is 831. The van der Waals surface area contributed by atoms with E-state index in [0.717, 1.165) is 11.3 Å². The molecular weight excluding hydrogens is 302 g/mol. The van der Waals surface area contributed by atoms with E-state index < -0.39 is 0 Å². The van der Waals surface area contributed by atoms with Gasteiger partial charge in [-0.3, -0.25) is 9.48 Å². The number of carbonyl (C=O) groups is 1. The number of amides is 1. The number of nitrogens with one attached hydrogen (secondary N) is 1. The van der Waals surface area contributed by atoms with Gasteiger partial charge in [0.2, 0.25) is 5.91 Å². The van der Waals surface area contributed by atoms with Crippen molar-refractivity contribution in [2.24, 2.45) is 0 Å². The van der Waals surface area contributed by atoms with Gasteiger partial charge >= 0.3 is 0 Å². The maximum Gasteiger partial charge on any atom is 0.244 e. The minimum absolute atomic E-state index is 0.167. The van der Waals surface area contributed by atoms with Crippen LogP contribution in [-0.2, 0) is 17.9 Å². The quantitative estimate of drug-likeness (QED) is 0.709. The van der Waals surface area contributed by atoms with Crippen molar-refractivity contribution in [2.45, 2.75) is 20.0 Å². The third-order valence-corrected chi connectivity index (χ3v) is 3.50. The van der Waals surface area contributed by atoms with Crippen molar-refractivity contribution < 1.29 is 9.21 Å². The first-order chi connectivity index (χ1) is 11.7. The van der Waals surface area contributed by atoms with E-state index in [1.165, 1.54) is 11.6 Å². The molecule has 3 rings (SSSR count). The van der Waals surface area contributed by atoms with Crippen molar-refractivity contribution >= 4 is 12.0 Å². The molecule has 0 aliphatic rings. The van der Waals surface area contributed by atoms with Gasteiger partial charge in [0, 0.05) is 24.4 Å². The molecule has 3 aromatic rings. The lowest BCUT2D eigenvalue weighted by Crippen LogP contribution is -2.19. The second-order valence-electron chi connectivity index (χ2n) is 5.53. The molecule has 24 heavy (non-hydrogen) atoms. The van der Waals surface area contributed by atoms with Gasteiger partial charge in [0.25, 0.3) is 0 Å². The molecule has 0 saturated heterocycles. The van der Waals surface area contributed by atoms with Crippen LogP contribution >= 0.6 is 0 Å². The maximum atomic E-state index is 11.8. The third-order valence-electron chi connectivity index (χ3n) is 3.50. The molecule has 2 heterocycles. The second-order valence-corrected chi connectivity index (χ2v) is 5.53. The molecule has 0 saturated carbocycles. The summed E-state index contributed by atoms with van der Waals surface area (Å²) in [6.45, 7) is 3.02. The van der Waals surface area contributed by atoms with Crippen molar-refractivity contribution in [1.82, 2.24) is 15.1 Å². The van der Waals surface area contributed by atoms with Gasteiger partial charge in [0.05, 0.1) is 12.7 Å². The summed E-state index contributed by atoms with van der Waals surface area (Å²) in [4.78, 5) is 11.8. The highest BCUT2D eigenvalue weighted by Crippen LogP contribution is 2.08. The lowest BCUT2D eigenvalue weighted by molar-refractivity contribution is -0.116. The number of hydrogen-bond donors (Lipinski definition) is 1. The summed E-state index contributed by atoms with van der Waals surface area (Å²) in [5, 5.41) is 7.15. The highest BCUT2D eigenvalue weighted by molar-refractivity contribution is 5.91. The molecule has 5 nitrogen and oxygen atoms in total. The van der Waals surface area contributed by atoms with Gasteiger partial charge in [-0.2, -0.15) is 5.10 Å². The van der Waals surface area contributed by atoms with E-state index in [2.05, 4.69) is 22.5 Å². The van der Waals surface area contributed by atoms with Crippen LogP contribution in [0.2, 0.25) is 0 Å². The highest BCUT2D eigenvalue weighted by Gasteiger charge is 2.02. The van der Waals surface area contributed by atoms with Gasteiger partial charge in [0.1, 0.15) is 11.5 Å². The van der Waals surface area contributed by atoms with Gasteiger partial charge in [-0.25, -0.2) is 0 Å². The summed E-state index contributed by atoms with van der Waals surface area (Å²) >= 11 is 0. The second kappa shape index (κ2) is 7.46. The van der Waals surface area contributed by atoms with Crippen LogP contribution in [0, 0.1) is 6.92 Å². The van der Waals surface area contributed by atoms with Crippen LogP contribution in [0.15, 0.2) is 65.4 Å². The molecule has 0 bridgehead atoms. The largest absolute Gasteiger partial charge is 0.462 e. The molecule has 2 aromatic heterocycles. The fourth-order valence-corrected chi connectivity index (χ4v) is 2.30. The van der Waals surface area contributed by atoms with Crippen LogP contribution in [0.1, 0.15) is 22.6 Å². The Morgan fingerprint density at radius 1 is 1.21 bits per heavy atom. The van der Waals surface area contributed by atoms with Crippen molar-refractivity contribution in [3.8, 4) is 0 Å². The van der Waals surface area contributed by atoms with Crippen LogP contribution in [0.3, 0.4) is 0 Å². The molecule has 0 spiro atoms. The van der Waals surface area contributed by atoms with Gasteiger partial charge in [-0.1, -0.05) is 30.3 Å². The monoisotopic (exact) mass is 321 g/mol. The molecule has 0 atom stereocenters.